The van der Waals surface area contributed by atoms with Gasteiger partial charge >= 0.3 is 5.97 Å². The van der Waals surface area contributed by atoms with Gasteiger partial charge in [-0.3, -0.25) is 14.1 Å². The third-order valence-electron chi connectivity index (χ3n) is 11.2. The molecule has 0 aliphatic carbocycles. The molecule has 7 rings (SSSR count). The van der Waals surface area contributed by atoms with E-state index in [1.807, 2.05) is 25.1 Å². The van der Waals surface area contributed by atoms with E-state index in [4.69, 9.17) is 23.7 Å². The summed E-state index contributed by atoms with van der Waals surface area (Å²) in [6.45, 7) is 12.1. The van der Waals surface area contributed by atoms with Gasteiger partial charge in [0.2, 0.25) is 27.6 Å². The zero-order chi connectivity index (χ0) is 39.8. The lowest BCUT2D eigenvalue weighted by molar-refractivity contribution is -0.151. The average molecular weight is 799 g/mol. The molecule has 2 fully saturated rings. The number of hydrogen-bond acceptors (Lipinski definition) is 12. The number of hydrogen-bond donors (Lipinski definition) is 0. The van der Waals surface area contributed by atoms with Gasteiger partial charge in [0.05, 0.1) is 45.5 Å². The number of ether oxygens (including phenoxy) is 5. The Balaban J connectivity index is 1.25. The monoisotopic (exact) mass is 798 g/mol. The van der Waals surface area contributed by atoms with Gasteiger partial charge in [-0.2, -0.15) is 9.29 Å². The number of aromatic nitrogens is 4. The molecule has 0 amide bonds. The second kappa shape index (κ2) is 15.9. The van der Waals surface area contributed by atoms with Crippen LogP contribution in [-0.2, 0) is 35.6 Å². The van der Waals surface area contributed by atoms with E-state index in [0.29, 0.717) is 74.7 Å². The maximum atomic E-state index is 14.6. The highest BCUT2D eigenvalue weighted by Crippen LogP contribution is 2.45. The lowest BCUT2D eigenvalue weighted by Gasteiger charge is -2.38. The Morgan fingerprint density at radius 2 is 1.75 bits per heavy atom. The molecule has 302 valence electrons. The highest BCUT2D eigenvalue weighted by Gasteiger charge is 2.46. The van der Waals surface area contributed by atoms with E-state index in [2.05, 4.69) is 20.1 Å². The Labute approximate surface area is 325 Å². The predicted molar refractivity (Wildman–Crippen MR) is 199 cm³/mol. The van der Waals surface area contributed by atoms with Gasteiger partial charge in [0, 0.05) is 57.2 Å². The maximum absolute atomic E-state index is 14.6. The van der Waals surface area contributed by atoms with Crippen molar-refractivity contribution in [1.29, 1.82) is 0 Å². The van der Waals surface area contributed by atoms with Crippen molar-refractivity contribution in [3.63, 3.8) is 0 Å². The topological polar surface area (TPSA) is 147 Å². The first-order valence-corrected chi connectivity index (χ1v) is 20.2. The summed E-state index contributed by atoms with van der Waals surface area (Å²) in [6.07, 6.45) is -0.442. The molecule has 14 nitrogen and oxygen atoms in total. The third-order valence-corrected chi connectivity index (χ3v) is 13.1. The Hall–Kier alpha value is -4.29. The van der Waals surface area contributed by atoms with Crippen LogP contribution in [0.5, 0.6) is 11.8 Å². The number of nitrogens with zero attached hydrogens (tertiary/aromatic N) is 6. The number of carbonyl (C=O) groups is 1. The predicted octanol–water partition coefficient (Wildman–Crippen LogP) is 4.85. The molecule has 0 bridgehead atoms. The van der Waals surface area contributed by atoms with Crippen LogP contribution in [0.3, 0.4) is 0 Å². The molecule has 0 N–H and O–H groups in total. The summed E-state index contributed by atoms with van der Waals surface area (Å²) >= 11 is 0. The first-order chi connectivity index (χ1) is 26.7. The van der Waals surface area contributed by atoms with Gasteiger partial charge in [-0.1, -0.05) is 18.2 Å². The molecule has 2 saturated heterocycles. The second-order valence-corrected chi connectivity index (χ2v) is 17.1. The first kappa shape index (κ1) is 39.9. The van der Waals surface area contributed by atoms with Crippen molar-refractivity contribution in [2.75, 3.05) is 66.3 Å². The molecule has 1 atom stereocenters. The van der Waals surface area contributed by atoms with E-state index in [-0.39, 0.29) is 35.4 Å². The standard InChI is InChI=1S/C39H48F2N6O8S/c1-25-6-7-27(32(38(3,4)37(48)51-5)29-10-13-47-34(26(29)2)43-44-35(47)33(40)41)22-28(25)23-46-24-39(11-17-52-18-12-39)55-36-30(56(46,49)50)8-9-31(42-36)54-21-16-45-14-19-53-20-15-45/h6-10,13,22,32-33H,11-12,14-21,23-24H2,1-5H3. The third kappa shape index (κ3) is 7.71. The molecule has 1 spiro atoms. The highest BCUT2D eigenvalue weighted by atomic mass is 32.2. The molecule has 3 aromatic heterocycles. The molecular weight excluding hydrogens is 751 g/mol. The minimum atomic E-state index is -4.16. The van der Waals surface area contributed by atoms with Gasteiger partial charge in [0.25, 0.3) is 6.43 Å². The van der Waals surface area contributed by atoms with E-state index < -0.39 is 45.2 Å². The minimum Gasteiger partial charge on any atom is -0.476 e. The Bertz CT molecular complexity index is 2190. The van der Waals surface area contributed by atoms with Crippen molar-refractivity contribution in [3.05, 3.63) is 76.2 Å². The number of carbonyl (C=O) groups excluding carboxylic acids is 1. The van der Waals surface area contributed by atoms with Crippen LogP contribution >= 0.6 is 0 Å². The van der Waals surface area contributed by atoms with Gasteiger partial charge in [0.15, 0.2) is 5.65 Å². The summed E-state index contributed by atoms with van der Waals surface area (Å²) in [6, 6.07) is 10.4. The number of esters is 1. The van der Waals surface area contributed by atoms with Crippen LogP contribution in [0.2, 0.25) is 0 Å². The minimum absolute atomic E-state index is 0.00187. The largest absolute Gasteiger partial charge is 0.476 e. The maximum Gasteiger partial charge on any atom is 0.312 e. The molecule has 0 saturated carbocycles. The summed E-state index contributed by atoms with van der Waals surface area (Å²) in [5.74, 6) is -1.34. The van der Waals surface area contributed by atoms with Gasteiger partial charge in [-0.15, -0.1) is 10.2 Å². The number of benzene rings is 1. The molecule has 3 aliphatic heterocycles. The van der Waals surface area contributed by atoms with Gasteiger partial charge in [-0.05, 0) is 67.6 Å². The fraction of sp³-hybridized carbons (Fsp3) is 0.538. The number of halogens is 2. The van der Waals surface area contributed by atoms with Crippen molar-refractivity contribution in [3.8, 4) is 11.8 Å². The van der Waals surface area contributed by atoms with Crippen molar-refractivity contribution in [2.24, 2.45) is 5.41 Å². The van der Waals surface area contributed by atoms with Crippen molar-refractivity contribution in [1.82, 2.24) is 28.8 Å². The summed E-state index contributed by atoms with van der Waals surface area (Å²) in [4.78, 5) is 20.2. The SMILES string of the molecule is COC(=O)C(C)(C)C(c1ccc(C)c(CN2CC3(CCOCC3)Oc3nc(OCCN4CCOCC4)ccc3S2(=O)=O)c1)c1ccn2c(C(F)F)nnc2c1C. The van der Waals surface area contributed by atoms with Gasteiger partial charge in [-0.25, -0.2) is 17.2 Å². The number of methoxy groups -OCH3 is 1. The van der Waals surface area contributed by atoms with Crippen LogP contribution in [0.15, 0.2) is 47.5 Å². The van der Waals surface area contributed by atoms with Crippen molar-refractivity contribution < 1.29 is 45.7 Å². The Morgan fingerprint density at radius 3 is 2.46 bits per heavy atom. The Morgan fingerprint density at radius 1 is 1.02 bits per heavy atom. The fourth-order valence-corrected chi connectivity index (χ4v) is 9.51. The zero-order valence-corrected chi connectivity index (χ0v) is 33.1. The van der Waals surface area contributed by atoms with Gasteiger partial charge < -0.3 is 23.7 Å². The van der Waals surface area contributed by atoms with Crippen LogP contribution in [0, 0.1) is 19.3 Å². The summed E-state index contributed by atoms with van der Waals surface area (Å²) in [7, 11) is -2.84. The molecule has 1 unspecified atom stereocenters. The summed E-state index contributed by atoms with van der Waals surface area (Å²) in [5, 5.41) is 7.78. The summed E-state index contributed by atoms with van der Waals surface area (Å²) < 4.78 is 88.4. The molecule has 0 radical (unpaired) electrons. The molecule has 17 heteroatoms. The van der Waals surface area contributed by atoms with E-state index in [1.54, 1.807) is 32.9 Å². The van der Waals surface area contributed by atoms with Crippen LogP contribution in [0.4, 0.5) is 8.78 Å². The van der Waals surface area contributed by atoms with Crippen LogP contribution < -0.4 is 9.47 Å². The van der Waals surface area contributed by atoms with Crippen LogP contribution in [-0.4, -0.2) is 115 Å². The molecule has 56 heavy (non-hydrogen) atoms. The molecule has 1 aromatic carbocycles. The molecule has 3 aliphatic rings. The fourth-order valence-electron chi connectivity index (χ4n) is 7.97. The van der Waals surface area contributed by atoms with Crippen LogP contribution in [0.1, 0.15) is 72.7 Å². The quantitative estimate of drug-likeness (QED) is 0.191. The zero-order valence-electron chi connectivity index (χ0n) is 32.3. The van der Waals surface area contributed by atoms with E-state index >= 15 is 0 Å². The number of aryl methyl sites for hydroxylation is 2. The van der Waals surface area contributed by atoms with Gasteiger partial charge in [0.1, 0.15) is 17.1 Å². The van der Waals surface area contributed by atoms with Crippen molar-refractivity contribution in [2.45, 2.75) is 69.9 Å². The highest BCUT2D eigenvalue weighted by molar-refractivity contribution is 7.89. The first-order valence-electron chi connectivity index (χ1n) is 18.7. The van der Waals surface area contributed by atoms with Crippen LogP contribution in [0.25, 0.3) is 5.65 Å². The lowest BCUT2D eigenvalue weighted by atomic mass is 9.70. The van der Waals surface area contributed by atoms with E-state index in [9.17, 15) is 22.0 Å². The normalized spacial score (nSPS) is 19.4. The summed E-state index contributed by atoms with van der Waals surface area (Å²) in [5.41, 5.74) is 1.65. The number of fused-ring (bicyclic) bond motifs is 2. The molecular formula is C39H48F2N6O8S. The van der Waals surface area contributed by atoms with E-state index in [0.717, 1.165) is 18.7 Å². The number of morpholine rings is 1. The number of sulfonamides is 1. The molecule has 4 aromatic rings. The Kier molecular flexibility index (Phi) is 11.4. The number of pyridine rings is 2. The number of alkyl halides is 2. The number of rotatable bonds is 11. The average Bonchev–Trinajstić information content (AvgIpc) is 3.60. The lowest BCUT2D eigenvalue weighted by Crippen LogP contribution is -2.50. The van der Waals surface area contributed by atoms with Crippen molar-refractivity contribution >= 4 is 21.6 Å². The molecule has 6 heterocycles. The smallest absolute Gasteiger partial charge is 0.312 e. The second-order valence-electron chi connectivity index (χ2n) is 15.2. The van der Waals surface area contributed by atoms with E-state index in [1.165, 1.54) is 28.1 Å².